The van der Waals surface area contributed by atoms with Gasteiger partial charge in [-0.15, -0.1) is 0 Å². The fourth-order valence-electron chi connectivity index (χ4n) is 9.88. The van der Waals surface area contributed by atoms with Crippen molar-refractivity contribution in [3.8, 4) is 0 Å². The van der Waals surface area contributed by atoms with Gasteiger partial charge in [0.05, 0.1) is 48.9 Å². The van der Waals surface area contributed by atoms with Gasteiger partial charge in [-0.25, -0.2) is 0 Å². The Morgan fingerprint density at radius 3 is 2.16 bits per heavy atom. The minimum Gasteiger partial charge on any atom is -0.462 e. The van der Waals surface area contributed by atoms with Crippen molar-refractivity contribution in [2.45, 2.75) is 211 Å². The van der Waals surface area contributed by atoms with E-state index in [0.29, 0.717) is 19.3 Å². The normalized spacial score (nSPS) is 40.7. The van der Waals surface area contributed by atoms with E-state index in [1.807, 2.05) is 52.2 Å². The number of likely N-dealkylation sites (N-methyl/N-ethyl adjacent to an activating group) is 2. The average molecular weight is 955 g/mol. The third kappa shape index (κ3) is 15.8. The zero-order chi connectivity index (χ0) is 49.9. The summed E-state index contributed by atoms with van der Waals surface area (Å²) in [5, 5.41) is 23.8. The molecule has 3 fully saturated rings. The van der Waals surface area contributed by atoms with Crippen molar-refractivity contribution in [2.75, 3.05) is 35.3 Å². The lowest BCUT2D eigenvalue weighted by Gasteiger charge is -2.50. The molecule has 18 heteroatoms. The van der Waals surface area contributed by atoms with Crippen molar-refractivity contribution in [1.82, 2.24) is 9.80 Å². The number of carbonyl (C=O) groups is 4. The summed E-state index contributed by atoms with van der Waals surface area (Å²) in [5.74, 6) is -3.13. The van der Waals surface area contributed by atoms with Crippen LogP contribution in [0.1, 0.15) is 107 Å². The van der Waals surface area contributed by atoms with Crippen LogP contribution in [0.3, 0.4) is 0 Å². The first-order valence-corrected chi connectivity index (χ1v) is 24.0. The average Bonchev–Trinajstić information content (AvgIpc) is 3.21. The second-order valence-corrected chi connectivity index (χ2v) is 20.0. The van der Waals surface area contributed by atoms with Gasteiger partial charge in [0.25, 0.3) is 0 Å². The van der Waals surface area contributed by atoms with E-state index in [1.54, 1.807) is 60.5 Å². The van der Waals surface area contributed by atoms with Gasteiger partial charge in [-0.1, -0.05) is 45.1 Å². The third-order valence-electron chi connectivity index (χ3n) is 13.3. The lowest BCUT2D eigenvalue weighted by Crippen LogP contribution is -2.66. The topological polar surface area (TPSA) is 208 Å². The van der Waals surface area contributed by atoms with E-state index < -0.39 is 128 Å². The molecule has 0 amide bonds. The predicted molar refractivity (Wildman–Crippen MR) is 245 cm³/mol. The molecule has 0 radical (unpaired) electrons. The van der Waals surface area contributed by atoms with Crippen LogP contribution in [0.2, 0.25) is 0 Å². The lowest BCUT2D eigenvalue weighted by molar-refractivity contribution is -0.344. The maximum Gasteiger partial charge on any atom is 0.309 e. The molecule has 67 heavy (non-hydrogen) atoms. The summed E-state index contributed by atoms with van der Waals surface area (Å²) in [4.78, 5) is 55.4. The van der Waals surface area contributed by atoms with E-state index in [1.165, 1.54) is 14.0 Å². The second-order valence-electron chi connectivity index (χ2n) is 20.0. The van der Waals surface area contributed by atoms with Crippen LogP contribution in [0, 0.1) is 17.8 Å². The van der Waals surface area contributed by atoms with Crippen LogP contribution in [0.4, 0.5) is 0 Å². The highest BCUT2D eigenvalue weighted by molar-refractivity contribution is 5.72. The molecule has 4 aliphatic heterocycles. The first kappa shape index (κ1) is 56.7. The molecule has 18 nitrogen and oxygen atoms in total. The maximum atomic E-state index is 13.5. The molecule has 384 valence electrons. The number of ether oxygens (including phenoxy) is 10. The number of aliphatic hydroxyl groups excluding tert-OH is 1. The van der Waals surface area contributed by atoms with E-state index in [2.05, 4.69) is 4.90 Å². The molecule has 19 atom stereocenters. The third-order valence-corrected chi connectivity index (χ3v) is 13.3. The summed E-state index contributed by atoms with van der Waals surface area (Å²) in [7, 11) is 9.01. The van der Waals surface area contributed by atoms with E-state index in [0.717, 1.165) is 12.7 Å². The second kappa shape index (κ2) is 25.8. The number of allylic oxidation sites excluding steroid dienone is 2. The largest absolute Gasteiger partial charge is 0.462 e. The Labute approximate surface area is 398 Å². The van der Waals surface area contributed by atoms with Crippen LogP contribution in [-0.4, -0.2) is 183 Å². The van der Waals surface area contributed by atoms with Gasteiger partial charge >= 0.3 is 17.9 Å². The van der Waals surface area contributed by atoms with Crippen LogP contribution in [0.15, 0.2) is 24.3 Å². The Hall–Kier alpha value is -2.88. The van der Waals surface area contributed by atoms with E-state index in [9.17, 15) is 29.4 Å². The number of cyclic esters (lactones) is 1. The molecule has 0 bridgehead atoms. The number of hydrogen-bond acceptors (Lipinski definition) is 18. The number of methoxy groups -OCH3 is 1. The first-order chi connectivity index (χ1) is 31.5. The van der Waals surface area contributed by atoms with Crippen LogP contribution in [0.25, 0.3) is 0 Å². The molecular formula is C49H82N2O16. The molecule has 0 aromatic carbocycles. The highest BCUT2D eigenvalue weighted by Gasteiger charge is 2.53. The van der Waals surface area contributed by atoms with Crippen LogP contribution in [-0.2, 0) is 66.5 Å². The fraction of sp³-hybridized carbons (Fsp3) is 0.837. The first-order valence-electron chi connectivity index (χ1n) is 24.0. The molecule has 2 N–H and O–H groups in total. The van der Waals surface area contributed by atoms with Crippen LogP contribution >= 0.6 is 0 Å². The van der Waals surface area contributed by atoms with Gasteiger partial charge in [0.2, 0.25) is 0 Å². The summed E-state index contributed by atoms with van der Waals surface area (Å²) in [6.07, 6.45) is -1.98. The standard InChI is InChI=1S/C49H82N2O16/c1-27(2)47(56)67-46-32(7)61-40(26-49(46,9)57)65-43-31(6)62-48(42(55)41(43)51(12)13)66-44-34(22-23-52)24-28(3)36(64-39-21-20-35(50(10)11)30(5)60-39)19-17-15-16-18-29(4)59-38(54)25-37(45(44)58-14)63-33(8)53/h15-17,19,23,27-32,34-37,39-46,48,55,57H,18,20-22,24-26H2,1-14H3. The minimum absolute atomic E-state index is 0.0483. The maximum absolute atomic E-state index is 13.5. The van der Waals surface area contributed by atoms with Crippen molar-refractivity contribution < 1.29 is 76.8 Å². The van der Waals surface area contributed by atoms with Gasteiger partial charge in [-0.3, -0.25) is 14.4 Å². The summed E-state index contributed by atoms with van der Waals surface area (Å²) in [6.45, 7) is 15.5. The van der Waals surface area contributed by atoms with Gasteiger partial charge in [-0.2, -0.15) is 0 Å². The SMILES string of the molecule is COC1C(OC(C)=O)CC(=O)OC(C)CC=CC=CC(OC2CCC(N(C)C)C(C)O2)C(C)CC(CC=O)C1OC1OC(C)C(OC2CC(C)(O)C(OC(=O)C(C)C)C(C)O2)C(N(C)C)C1O. The highest BCUT2D eigenvalue weighted by atomic mass is 16.7. The van der Waals surface area contributed by atoms with E-state index in [-0.39, 0.29) is 30.9 Å². The smallest absolute Gasteiger partial charge is 0.309 e. The Balaban J connectivity index is 1.70. The molecule has 0 saturated carbocycles. The number of carbonyl (C=O) groups excluding carboxylic acids is 4. The van der Waals surface area contributed by atoms with Gasteiger partial charge in [0.15, 0.2) is 25.0 Å². The Morgan fingerprint density at radius 1 is 0.896 bits per heavy atom. The zero-order valence-electron chi connectivity index (χ0n) is 42.3. The number of aliphatic hydroxyl groups is 2. The minimum atomic E-state index is -1.51. The Bertz CT molecular complexity index is 1640. The van der Waals surface area contributed by atoms with Crippen molar-refractivity contribution >= 4 is 24.2 Å². The van der Waals surface area contributed by atoms with Crippen LogP contribution in [0.5, 0.6) is 0 Å². The summed E-state index contributed by atoms with van der Waals surface area (Å²) < 4.78 is 62.6. The highest BCUT2D eigenvalue weighted by Crippen LogP contribution is 2.38. The van der Waals surface area contributed by atoms with Crippen LogP contribution < -0.4 is 0 Å². The van der Waals surface area contributed by atoms with Crippen molar-refractivity contribution in [3.63, 3.8) is 0 Å². The number of hydrogen-bond donors (Lipinski definition) is 2. The summed E-state index contributed by atoms with van der Waals surface area (Å²) >= 11 is 0. The molecule has 0 aliphatic carbocycles. The van der Waals surface area contributed by atoms with Crippen molar-refractivity contribution in [1.29, 1.82) is 0 Å². The number of nitrogens with zero attached hydrogens (tertiary/aromatic N) is 2. The van der Waals surface area contributed by atoms with Gasteiger partial charge in [-0.05, 0) is 93.9 Å². The van der Waals surface area contributed by atoms with Gasteiger partial charge in [0.1, 0.15) is 42.4 Å². The predicted octanol–water partition coefficient (Wildman–Crippen LogP) is 4.10. The molecular weight excluding hydrogens is 873 g/mol. The molecule has 4 rings (SSSR count). The van der Waals surface area contributed by atoms with E-state index >= 15 is 0 Å². The molecule has 3 saturated heterocycles. The molecule has 4 heterocycles. The molecule has 19 unspecified atom stereocenters. The molecule has 0 spiro atoms. The Kier molecular flexibility index (Phi) is 21.9. The molecule has 4 aliphatic rings. The number of rotatable bonds is 14. The zero-order valence-corrected chi connectivity index (χ0v) is 42.3. The Morgan fingerprint density at radius 2 is 1.58 bits per heavy atom. The number of aldehydes is 1. The molecule has 0 aromatic heterocycles. The van der Waals surface area contributed by atoms with Gasteiger partial charge in [0, 0.05) is 39.3 Å². The lowest BCUT2D eigenvalue weighted by atomic mass is 9.82. The van der Waals surface area contributed by atoms with Crippen molar-refractivity contribution in [3.05, 3.63) is 24.3 Å². The quantitative estimate of drug-likeness (QED) is 0.143. The summed E-state index contributed by atoms with van der Waals surface area (Å²) in [6, 6.07) is -0.550. The van der Waals surface area contributed by atoms with Gasteiger partial charge < -0.3 is 72.2 Å². The van der Waals surface area contributed by atoms with E-state index in [4.69, 9.17) is 47.4 Å². The summed E-state index contributed by atoms with van der Waals surface area (Å²) in [5.41, 5.74) is -1.51. The van der Waals surface area contributed by atoms with Crippen molar-refractivity contribution in [2.24, 2.45) is 17.8 Å². The molecule has 0 aromatic rings. The monoisotopic (exact) mass is 955 g/mol. The fourth-order valence-corrected chi connectivity index (χ4v) is 9.88. The number of esters is 3.